The lowest BCUT2D eigenvalue weighted by Gasteiger charge is -2.26. The van der Waals surface area contributed by atoms with Crippen LogP contribution < -0.4 is 5.73 Å². The number of carbonyl (C=O) groups excluding carboxylic acids is 1. The summed E-state index contributed by atoms with van der Waals surface area (Å²) >= 11 is 0. The molecule has 0 atom stereocenters. The van der Waals surface area contributed by atoms with Gasteiger partial charge in [0.05, 0.1) is 12.1 Å². The molecule has 3 heteroatoms. The average molecular weight is 168 g/mol. The van der Waals surface area contributed by atoms with Gasteiger partial charge in [-0.2, -0.15) is 0 Å². The van der Waals surface area contributed by atoms with Crippen molar-refractivity contribution in [1.29, 1.82) is 0 Å². The minimum Gasteiger partial charge on any atom is -0.330 e. The number of amides is 1. The first-order chi connectivity index (χ1) is 5.43. The van der Waals surface area contributed by atoms with E-state index in [-0.39, 0.29) is 5.91 Å². The summed E-state index contributed by atoms with van der Waals surface area (Å²) in [7, 11) is 0. The van der Waals surface area contributed by atoms with Gasteiger partial charge in [0.15, 0.2) is 0 Å². The molecule has 0 aromatic heterocycles. The number of nitrogens with zero attached hydrogens (tertiary/aromatic N) is 1. The molecule has 0 rings (SSSR count). The van der Waals surface area contributed by atoms with Gasteiger partial charge in [-0.15, -0.1) is 6.42 Å². The van der Waals surface area contributed by atoms with Crippen molar-refractivity contribution in [1.82, 2.24) is 4.90 Å². The van der Waals surface area contributed by atoms with Crippen LogP contribution in [0, 0.1) is 12.3 Å². The second kappa shape index (κ2) is 4.13. The Kier molecular flexibility index (Phi) is 3.78. The third-order valence-electron chi connectivity index (χ3n) is 1.50. The summed E-state index contributed by atoms with van der Waals surface area (Å²) in [6.07, 6.45) is 5.10. The Bertz CT molecular complexity index is 198. The van der Waals surface area contributed by atoms with E-state index in [4.69, 9.17) is 12.2 Å². The highest BCUT2D eigenvalue weighted by Gasteiger charge is 2.26. The lowest BCUT2D eigenvalue weighted by Crippen LogP contribution is -2.51. The molecule has 0 radical (unpaired) electrons. The molecule has 12 heavy (non-hydrogen) atoms. The quantitative estimate of drug-likeness (QED) is 0.612. The fourth-order valence-corrected chi connectivity index (χ4v) is 0.845. The maximum atomic E-state index is 11.5. The molecule has 0 spiro atoms. The van der Waals surface area contributed by atoms with E-state index in [0.717, 1.165) is 0 Å². The number of hydrogen-bond acceptors (Lipinski definition) is 2. The molecular weight excluding hydrogens is 152 g/mol. The molecule has 0 saturated carbocycles. The zero-order valence-corrected chi connectivity index (χ0v) is 7.92. The summed E-state index contributed by atoms with van der Waals surface area (Å²) in [5.41, 5.74) is 4.80. The minimum atomic E-state index is -0.827. The van der Waals surface area contributed by atoms with E-state index in [0.29, 0.717) is 13.1 Å². The van der Waals surface area contributed by atoms with Gasteiger partial charge in [0, 0.05) is 6.54 Å². The molecule has 0 bridgehead atoms. The van der Waals surface area contributed by atoms with Crippen LogP contribution in [-0.2, 0) is 4.79 Å². The van der Waals surface area contributed by atoms with E-state index >= 15 is 0 Å². The van der Waals surface area contributed by atoms with Crippen molar-refractivity contribution < 1.29 is 4.79 Å². The fourth-order valence-electron chi connectivity index (χ4n) is 0.845. The van der Waals surface area contributed by atoms with Crippen molar-refractivity contribution in [3.8, 4) is 12.3 Å². The van der Waals surface area contributed by atoms with Crippen LogP contribution in [-0.4, -0.2) is 29.4 Å². The van der Waals surface area contributed by atoms with Crippen LogP contribution in [0.1, 0.15) is 20.8 Å². The Balaban J connectivity index is 4.34. The largest absolute Gasteiger partial charge is 0.330 e. The Morgan fingerprint density at radius 3 is 2.42 bits per heavy atom. The molecule has 0 unspecified atom stereocenters. The third-order valence-corrected chi connectivity index (χ3v) is 1.50. The molecule has 0 aromatic rings. The van der Waals surface area contributed by atoms with E-state index < -0.39 is 5.54 Å². The molecule has 0 fully saturated rings. The molecule has 0 aliphatic rings. The molecular formula is C9H16N2O. The van der Waals surface area contributed by atoms with Gasteiger partial charge in [0.2, 0.25) is 5.91 Å². The highest BCUT2D eigenvalue weighted by Crippen LogP contribution is 2.03. The molecule has 0 aliphatic heterocycles. The zero-order valence-electron chi connectivity index (χ0n) is 7.92. The second-order valence-corrected chi connectivity index (χ2v) is 3.25. The van der Waals surface area contributed by atoms with Gasteiger partial charge in [-0.1, -0.05) is 5.92 Å². The molecule has 68 valence electrons. The van der Waals surface area contributed by atoms with E-state index in [2.05, 4.69) is 5.92 Å². The molecule has 0 saturated heterocycles. The van der Waals surface area contributed by atoms with E-state index in [1.54, 1.807) is 18.7 Å². The van der Waals surface area contributed by atoms with Gasteiger partial charge in [0.1, 0.15) is 0 Å². The van der Waals surface area contributed by atoms with Crippen molar-refractivity contribution in [3.63, 3.8) is 0 Å². The molecule has 1 amide bonds. The first kappa shape index (κ1) is 11.0. The van der Waals surface area contributed by atoms with E-state index in [9.17, 15) is 4.79 Å². The first-order valence-electron chi connectivity index (χ1n) is 3.95. The van der Waals surface area contributed by atoms with Gasteiger partial charge < -0.3 is 10.6 Å². The lowest BCUT2D eigenvalue weighted by atomic mass is 10.1. The Labute approximate surface area is 73.9 Å². The Hall–Kier alpha value is -1.01. The predicted octanol–water partition coefficient (Wildman–Crippen LogP) is 0.205. The van der Waals surface area contributed by atoms with E-state index in [1.165, 1.54) is 0 Å². The van der Waals surface area contributed by atoms with Crippen LogP contribution in [0.3, 0.4) is 0 Å². The van der Waals surface area contributed by atoms with Crippen molar-refractivity contribution >= 4 is 5.91 Å². The van der Waals surface area contributed by atoms with Gasteiger partial charge >= 0.3 is 0 Å². The van der Waals surface area contributed by atoms with Crippen LogP contribution >= 0.6 is 0 Å². The zero-order chi connectivity index (χ0) is 9.78. The Morgan fingerprint density at radius 1 is 1.67 bits per heavy atom. The number of hydrogen-bond donors (Lipinski definition) is 1. The summed E-state index contributed by atoms with van der Waals surface area (Å²) < 4.78 is 0. The normalized spacial score (nSPS) is 10.6. The average Bonchev–Trinajstić information content (AvgIpc) is 1.97. The SMILES string of the molecule is C#CCN(CC)C(=O)C(C)(C)N. The number of carbonyl (C=O) groups is 1. The van der Waals surface area contributed by atoms with Crippen LogP contribution in [0.4, 0.5) is 0 Å². The first-order valence-corrected chi connectivity index (χ1v) is 3.95. The summed E-state index contributed by atoms with van der Waals surface area (Å²) in [6, 6.07) is 0. The Morgan fingerprint density at radius 2 is 2.17 bits per heavy atom. The summed E-state index contributed by atoms with van der Waals surface area (Å²) in [5.74, 6) is 2.31. The van der Waals surface area contributed by atoms with Gasteiger partial charge in [-0.3, -0.25) is 4.79 Å². The lowest BCUT2D eigenvalue weighted by molar-refractivity contribution is -0.134. The molecule has 0 aromatic carbocycles. The van der Waals surface area contributed by atoms with Crippen molar-refractivity contribution in [2.45, 2.75) is 26.3 Å². The topological polar surface area (TPSA) is 46.3 Å². The minimum absolute atomic E-state index is 0.108. The smallest absolute Gasteiger partial charge is 0.242 e. The highest BCUT2D eigenvalue weighted by atomic mass is 16.2. The van der Waals surface area contributed by atoms with Gasteiger partial charge in [-0.25, -0.2) is 0 Å². The van der Waals surface area contributed by atoms with Crippen molar-refractivity contribution in [2.75, 3.05) is 13.1 Å². The van der Waals surface area contributed by atoms with Crippen LogP contribution in [0.15, 0.2) is 0 Å². The van der Waals surface area contributed by atoms with Gasteiger partial charge in [0.25, 0.3) is 0 Å². The van der Waals surface area contributed by atoms with Crippen LogP contribution in [0.5, 0.6) is 0 Å². The summed E-state index contributed by atoms with van der Waals surface area (Å²) in [5, 5.41) is 0. The number of terminal acetylenes is 1. The molecule has 3 nitrogen and oxygen atoms in total. The molecule has 0 heterocycles. The third kappa shape index (κ3) is 2.93. The van der Waals surface area contributed by atoms with E-state index in [1.807, 2.05) is 6.92 Å². The fraction of sp³-hybridized carbons (Fsp3) is 0.667. The van der Waals surface area contributed by atoms with Crippen LogP contribution in [0.2, 0.25) is 0 Å². The number of nitrogens with two attached hydrogens (primary N) is 1. The number of likely N-dealkylation sites (N-methyl/N-ethyl adjacent to an activating group) is 1. The standard InChI is InChI=1S/C9H16N2O/c1-5-7-11(6-2)8(12)9(3,4)10/h1H,6-7,10H2,2-4H3. The number of rotatable bonds is 3. The molecule has 0 aliphatic carbocycles. The maximum absolute atomic E-state index is 11.5. The highest BCUT2D eigenvalue weighted by molar-refractivity contribution is 5.85. The van der Waals surface area contributed by atoms with Crippen LogP contribution in [0.25, 0.3) is 0 Å². The summed E-state index contributed by atoms with van der Waals surface area (Å²) in [4.78, 5) is 13.0. The predicted molar refractivity (Wildman–Crippen MR) is 49.4 cm³/mol. The maximum Gasteiger partial charge on any atom is 0.242 e. The van der Waals surface area contributed by atoms with Crippen molar-refractivity contribution in [2.24, 2.45) is 5.73 Å². The second-order valence-electron chi connectivity index (χ2n) is 3.25. The van der Waals surface area contributed by atoms with Gasteiger partial charge in [-0.05, 0) is 20.8 Å². The summed E-state index contributed by atoms with van der Waals surface area (Å²) in [6.45, 7) is 6.16. The molecule has 2 N–H and O–H groups in total. The monoisotopic (exact) mass is 168 g/mol. The van der Waals surface area contributed by atoms with Crippen molar-refractivity contribution in [3.05, 3.63) is 0 Å².